The number of carbonyl (C=O) groups is 3. The highest BCUT2D eigenvalue weighted by Crippen LogP contribution is 2.67. The molecule has 3 fully saturated rings. The minimum atomic E-state index is -0.787. The second-order valence-electron chi connectivity index (χ2n) is 11.2. The van der Waals surface area contributed by atoms with Crippen molar-refractivity contribution in [3.63, 3.8) is 0 Å². The van der Waals surface area contributed by atoms with Crippen LogP contribution in [0.15, 0.2) is 67.8 Å². The Hall–Kier alpha value is -3.10. The molecule has 8 heteroatoms. The van der Waals surface area contributed by atoms with Gasteiger partial charge in [-0.25, -0.2) is 0 Å². The van der Waals surface area contributed by atoms with Crippen molar-refractivity contribution < 1.29 is 19.5 Å². The Balaban J connectivity index is 1.57. The van der Waals surface area contributed by atoms with Crippen molar-refractivity contribution >= 4 is 45.9 Å². The number of nitrogens with zero attached hydrogens (tertiary/aromatic N) is 3. The van der Waals surface area contributed by atoms with Crippen LogP contribution >= 0.6 is 11.8 Å². The predicted octanol–water partition coefficient (Wildman–Crippen LogP) is 4.26. The molecule has 2 aromatic carbocycles. The summed E-state index contributed by atoms with van der Waals surface area (Å²) < 4.78 is -0.717. The number of hydrogen-bond acceptors (Lipinski definition) is 5. The number of benzene rings is 2. The number of thioether (sulfide) groups is 1. The quantitative estimate of drug-likeness (QED) is 0.415. The van der Waals surface area contributed by atoms with Crippen molar-refractivity contribution in [3.05, 3.63) is 67.8 Å². The molecule has 7 nitrogen and oxygen atoms in total. The number of hydrogen-bond donors (Lipinski definition) is 1. The molecule has 1 spiro atoms. The lowest BCUT2D eigenvalue weighted by atomic mass is 9.70. The summed E-state index contributed by atoms with van der Waals surface area (Å²) in [6, 6.07) is 12.6. The molecular formula is C32H39N3O4S. The van der Waals surface area contributed by atoms with Gasteiger partial charge in [0, 0.05) is 30.6 Å². The smallest absolute Gasteiger partial charge is 0.251 e. The molecule has 0 aliphatic carbocycles. The largest absolute Gasteiger partial charge is 0.394 e. The summed E-state index contributed by atoms with van der Waals surface area (Å²) in [5.74, 6) is -1.50. The van der Waals surface area contributed by atoms with Crippen LogP contribution in [0.1, 0.15) is 33.1 Å². The third kappa shape index (κ3) is 4.45. The second kappa shape index (κ2) is 11.4. The molecule has 3 heterocycles. The maximum atomic E-state index is 14.7. The van der Waals surface area contributed by atoms with E-state index in [9.17, 15) is 19.5 Å². The monoisotopic (exact) mass is 561 g/mol. The van der Waals surface area contributed by atoms with Gasteiger partial charge in [-0.05, 0) is 49.1 Å². The first-order chi connectivity index (χ1) is 19.3. The van der Waals surface area contributed by atoms with Crippen molar-refractivity contribution in [2.75, 3.05) is 31.1 Å². The van der Waals surface area contributed by atoms with Crippen LogP contribution in [0.2, 0.25) is 0 Å². The van der Waals surface area contributed by atoms with E-state index in [2.05, 4.69) is 13.2 Å². The lowest BCUT2D eigenvalue weighted by molar-refractivity contribution is -0.145. The molecule has 40 heavy (non-hydrogen) atoms. The summed E-state index contributed by atoms with van der Waals surface area (Å²) >= 11 is 1.65. The van der Waals surface area contributed by atoms with E-state index in [1.54, 1.807) is 45.5 Å². The van der Waals surface area contributed by atoms with Crippen LogP contribution in [0.5, 0.6) is 0 Å². The number of fused-ring (bicyclic) bond motifs is 2. The van der Waals surface area contributed by atoms with Gasteiger partial charge in [0.25, 0.3) is 5.91 Å². The van der Waals surface area contributed by atoms with Gasteiger partial charge in [-0.3, -0.25) is 14.4 Å². The molecular weight excluding hydrogens is 522 g/mol. The lowest BCUT2D eigenvalue weighted by Gasteiger charge is -2.39. The third-order valence-corrected chi connectivity index (χ3v) is 10.7. The van der Waals surface area contributed by atoms with E-state index in [0.29, 0.717) is 19.5 Å². The number of aliphatic hydroxyl groups is 1. The zero-order chi connectivity index (χ0) is 28.6. The summed E-state index contributed by atoms with van der Waals surface area (Å²) in [6.07, 6.45) is 5.69. The number of carbonyl (C=O) groups excluding carboxylic acids is 3. The highest BCUT2D eigenvalue weighted by molar-refractivity contribution is 8.02. The van der Waals surface area contributed by atoms with Gasteiger partial charge in [0.05, 0.1) is 29.2 Å². The molecule has 1 N–H and O–H groups in total. The van der Waals surface area contributed by atoms with Gasteiger partial charge >= 0.3 is 0 Å². The van der Waals surface area contributed by atoms with Gasteiger partial charge in [-0.15, -0.1) is 24.9 Å². The molecule has 3 aliphatic heterocycles. The van der Waals surface area contributed by atoms with Gasteiger partial charge in [0.2, 0.25) is 11.8 Å². The highest BCUT2D eigenvalue weighted by Gasteiger charge is 2.74. The van der Waals surface area contributed by atoms with E-state index in [0.717, 1.165) is 29.3 Å². The Morgan fingerprint density at radius 1 is 1.15 bits per heavy atom. The average molecular weight is 562 g/mol. The fourth-order valence-corrected chi connectivity index (χ4v) is 9.28. The SMILES string of the molecule is C=CCN(CCC)C(=O)[C@@H]1[C@H]2C(=O)N([C@H](C)CO)C(C(=O)N(CC=C)c3ccc4ccccc4c3)C23CC[C@H]1S3. The molecule has 3 amide bonds. The summed E-state index contributed by atoms with van der Waals surface area (Å²) in [5, 5.41) is 12.3. The normalized spacial score (nSPS) is 27.5. The van der Waals surface area contributed by atoms with Gasteiger partial charge in [-0.2, -0.15) is 0 Å². The minimum absolute atomic E-state index is 0.0129. The van der Waals surface area contributed by atoms with E-state index in [4.69, 9.17) is 0 Å². The van der Waals surface area contributed by atoms with Crippen molar-refractivity contribution in [3.8, 4) is 0 Å². The Kier molecular flexibility index (Phi) is 8.11. The minimum Gasteiger partial charge on any atom is -0.394 e. The molecule has 0 saturated carbocycles. The molecule has 0 radical (unpaired) electrons. The molecule has 3 saturated heterocycles. The van der Waals surface area contributed by atoms with Crippen LogP contribution in [0.4, 0.5) is 5.69 Å². The summed E-state index contributed by atoms with van der Waals surface area (Å²) in [6.45, 7) is 12.6. The number of aliphatic hydroxyl groups excluding tert-OH is 1. The standard InChI is InChI=1S/C32H39N3O4S/c1-5-16-33(17-6-2)29(37)26-25-14-15-32(40-25)27(26)30(38)35(21(4)20-36)28(32)31(39)34(18-7-3)24-13-12-22-10-8-9-11-23(22)19-24/h5,7-13,19,21,25-28,36H,1,3,6,14-18,20H2,2,4H3/t21-,25-,26+,27+,28?,32?/m1/s1. The Labute approximate surface area is 240 Å². The van der Waals surface area contributed by atoms with Crippen LogP contribution in [0.3, 0.4) is 0 Å². The summed E-state index contributed by atoms with van der Waals surface area (Å²) in [5.41, 5.74) is 0.734. The van der Waals surface area contributed by atoms with Crippen LogP contribution < -0.4 is 4.90 Å². The third-order valence-electron chi connectivity index (χ3n) is 8.77. The zero-order valence-electron chi connectivity index (χ0n) is 23.4. The van der Waals surface area contributed by atoms with E-state index in [1.165, 1.54) is 0 Å². The van der Waals surface area contributed by atoms with Crippen molar-refractivity contribution in [2.24, 2.45) is 11.8 Å². The molecule has 3 aliphatic rings. The first-order valence-corrected chi connectivity index (χ1v) is 15.1. The molecule has 2 unspecified atom stereocenters. The number of anilines is 1. The van der Waals surface area contributed by atoms with Crippen LogP contribution in [0.25, 0.3) is 10.8 Å². The average Bonchev–Trinajstić information content (AvgIpc) is 3.61. The van der Waals surface area contributed by atoms with Gasteiger partial charge < -0.3 is 19.8 Å². The van der Waals surface area contributed by atoms with E-state index in [1.807, 2.05) is 49.4 Å². The molecule has 2 bridgehead atoms. The van der Waals surface area contributed by atoms with E-state index >= 15 is 0 Å². The topological polar surface area (TPSA) is 81.2 Å². The Morgan fingerprint density at radius 3 is 2.55 bits per heavy atom. The molecule has 2 aromatic rings. The highest BCUT2D eigenvalue weighted by atomic mass is 32.2. The fourth-order valence-electron chi connectivity index (χ4n) is 7.09. The second-order valence-corrected chi connectivity index (χ2v) is 12.8. The molecule has 6 atom stereocenters. The number of rotatable bonds is 11. The predicted molar refractivity (Wildman–Crippen MR) is 161 cm³/mol. The van der Waals surface area contributed by atoms with Crippen molar-refractivity contribution in [1.82, 2.24) is 9.80 Å². The van der Waals surface area contributed by atoms with Crippen LogP contribution in [-0.2, 0) is 14.4 Å². The van der Waals surface area contributed by atoms with Gasteiger partial charge in [0.1, 0.15) is 6.04 Å². The number of amides is 3. The number of likely N-dealkylation sites (tertiary alicyclic amines) is 1. The van der Waals surface area contributed by atoms with Gasteiger partial charge in [0.15, 0.2) is 0 Å². The first-order valence-electron chi connectivity index (χ1n) is 14.2. The lowest BCUT2D eigenvalue weighted by Crippen LogP contribution is -2.57. The maximum Gasteiger partial charge on any atom is 0.251 e. The van der Waals surface area contributed by atoms with E-state index in [-0.39, 0.29) is 36.1 Å². The Morgan fingerprint density at radius 2 is 1.88 bits per heavy atom. The summed E-state index contributed by atoms with van der Waals surface area (Å²) in [7, 11) is 0. The van der Waals surface area contributed by atoms with Crippen molar-refractivity contribution in [1.29, 1.82) is 0 Å². The molecule has 0 aromatic heterocycles. The van der Waals surface area contributed by atoms with Crippen LogP contribution in [-0.4, -0.2) is 80.9 Å². The summed E-state index contributed by atoms with van der Waals surface area (Å²) in [4.78, 5) is 48.0. The molecule has 212 valence electrons. The van der Waals surface area contributed by atoms with Crippen molar-refractivity contribution in [2.45, 2.75) is 55.2 Å². The Bertz CT molecular complexity index is 1330. The van der Waals surface area contributed by atoms with E-state index < -0.39 is 28.7 Å². The first kappa shape index (κ1) is 28.4. The van der Waals surface area contributed by atoms with Crippen LogP contribution in [0, 0.1) is 11.8 Å². The molecule has 5 rings (SSSR count). The van der Waals surface area contributed by atoms with Gasteiger partial charge in [-0.1, -0.05) is 49.4 Å². The fraction of sp³-hybridized carbons (Fsp3) is 0.469. The maximum absolute atomic E-state index is 14.7. The zero-order valence-corrected chi connectivity index (χ0v) is 24.2.